The summed E-state index contributed by atoms with van der Waals surface area (Å²) in [5.41, 5.74) is 5.53. The third-order valence-corrected chi connectivity index (χ3v) is 5.03. The van der Waals surface area contributed by atoms with Gasteiger partial charge in [-0.15, -0.1) is 0 Å². The van der Waals surface area contributed by atoms with Gasteiger partial charge in [-0.1, -0.05) is 30.3 Å². The van der Waals surface area contributed by atoms with Crippen molar-refractivity contribution in [3.05, 3.63) is 60.2 Å². The van der Waals surface area contributed by atoms with Gasteiger partial charge in [-0.25, -0.2) is 4.68 Å². The van der Waals surface area contributed by atoms with E-state index < -0.39 is 0 Å². The molecule has 0 N–H and O–H groups in total. The summed E-state index contributed by atoms with van der Waals surface area (Å²) in [4.78, 5) is 2.33. The topological polar surface area (TPSA) is 36.8 Å². The Bertz CT molecular complexity index is 937. The predicted molar refractivity (Wildman–Crippen MR) is 111 cm³/mol. The molecule has 0 spiro atoms. The molecular formula is C22H28N5+. The summed E-state index contributed by atoms with van der Waals surface area (Å²) < 4.78 is 4.09. The van der Waals surface area contributed by atoms with E-state index in [1.807, 2.05) is 43.0 Å². The van der Waals surface area contributed by atoms with Gasteiger partial charge in [0.15, 0.2) is 0 Å². The molecule has 0 atom stereocenters. The zero-order chi connectivity index (χ0) is 19.4. The second kappa shape index (κ2) is 8.16. The summed E-state index contributed by atoms with van der Waals surface area (Å²) in [7, 11) is 4.03. The van der Waals surface area contributed by atoms with Crippen LogP contribution in [0.3, 0.4) is 0 Å². The van der Waals surface area contributed by atoms with Crippen LogP contribution >= 0.6 is 0 Å². The molecule has 27 heavy (non-hydrogen) atoms. The van der Waals surface area contributed by atoms with E-state index in [4.69, 9.17) is 0 Å². The van der Waals surface area contributed by atoms with E-state index in [0.29, 0.717) is 0 Å². The Morgan fingerprint density at radius 3 is 2.30 bits per heavy atom. The highest BCUT2D eigenvalue weighted by atomic mass is 15.4. The van der Waals surface area contributed by atoms with Gasteiger partial charge < -0.3 is 4.90 Å². The van der Waals surface area contributed by atoms with Crippen molar-refractivity contribution in [2.24, 2.45) is 24.3 Å². The molecule has 5 heteroatoms. The Morgan fingerprint density at radius 1 is 0.963 bits per heavy atom. The van der Waals surface area contributed by atoms with Gasteiger partial charge in [-0.2, -0.15) is 4.68 Å². The largest absolute Gasteiger partial charge is 0.372 e. The Kier molecular flexibility index (Phi) is 5.69. The predicted octanol–water partition coefficient (Wildman–Crippen LogP) is 5.09. The maximum absolute atomic E-state index is 4.51. The summed E-state index contributed by atoms with van der Waals surface area (Å²) in [5, 5.41) is 9.02. The quantitative estimate of drug-likeness (QED) is 0.445. The Morgan fingerprint density at radius 2 is 1.67 bits per heavy atom. The molecule has 3 aromatic rings. The third-order valence-electron chi connectivity index (χ3n) is 5.03. The fourth-order valence-electron chi connectivity index (χ4n) is 3.24. The molecule has 3 rings (SSSR count). The minimum atomic E-state index is 0.823. The summed E-state index contributed by atoms with van der Waals surface area (Å²) >= 11 is 0. The lowest BCUT2D eigenvalue weighted by atomic mass is 10.1. The SMILES string of the molecule is CCN(CC)c1ccc(N=Nc2cc(-c3ccccc3)n(C)[n+]2C)c(C)c1. The number of nitrogens with zero attached hydrogens (tertiary/aromatic N) is 5. The van der Waals surface area contributed by atoms with Crippen LogP contribution in [0, 0.1) is 6.92 Å². The van der Waals surface area contributed by atoms with Gasteiger partial charge in [-0.05, 0) is 49.6 Å². The van der Waals surface area contributed by atoms with Crippen molar-refractivity contribution < 1.29 is 4.68 Å². The highest BCUT2D eigenvalue weighted by Crippen LogP contribution is 2.27. The zero-order valence-corrected chi connectivity index (χ0v) is 16.8. The zero-order valence-electron chi connectivity index (χ0n) is 16.8. The number of rotatable bonds is 6. The van der Waals surface area contributed by atoms with Crippen LogP contribution in [-0.2, 0) is 14.1 Å². The summed E-state index contributed by atoms with van der Waals surface area (Å²) in [5.74, 6) is 0.823. The van der Waals surface area contributed by atoms with Gasteiger partial charge in [0, 0.05) is 31.4 Å². The molecule has 1 heterocycles. The normalized spacial score (nSPS) is 11.3. The minimum Gasteiger partial charge on any atom is -0.372 e. The van der Waals surface area contributed by atoms with E-state index in [1.165, 1.54) is 5.69 Å². The van der Waals surface area contributed by atoms with Gasteiger partial charge in [0.2, 0.25) is 0 Å². The molecule has 5 nitrogen and oxygen atoms in total. The van der Waals surface area contributed by atoms with E-state index in [2.05, 4.69) is 70.9 Å². The van der Waals surface area contributed by atoms with Crippen molar-refractivity contribution in [2.75, 3.05) is 18.0 Å². The monoisotopic (exact) mass is 362 g/mol. The standard InChI is InChI=1S/C22H28N5/c1-6-27(7-2)19-13-14-20(17(3)15-19)23-24-22-16-21(25(4)26(22)5)18-11-9-8-10-12-18/h8-16H,6-7H2,1-5H3/q+1. The van der Waals surface area contributed by atoms with Crippen molar-refractivity contribution in [3.8, 4) is 11.3 Å². The molecule has 1 aromatic heterocycles. The molecule has 0 saturated carbocycles. The molecule has 0 fully saturated rings. The van der Waals surface area contributed by atoms with E-state index in [1.54, 1.807) is 0 Å². The first-order chi connectivity index (χ1) is 13.0. The molecule has 0 aliphatic rings. The van der Waals surface area contributed by atoms with Gasteiger partial charge >= 0.3 is 5.82 Å². The molecule has 0 amide bonds. The first-order valence-corrected chi connectivity index (χ1v) is 9.44. The number of hydrogen-bond donors (Lipinski definition) is 0. The second-order valence-corrected chi connectivity index (χ2v) is 6.64. The molecule has 0 radical (unpaired) electrons. The maximum atomic E-state index is 4.51. The van der Waals surface area contributed by atoms with Gasteiger partial charge in [-0.3, -0.25) is 0 Å². The number of anilines is 1. The van der Waals surface area contributed by atoms with Crippen LogP contribution in [0.25, 0.3) is 11.3 Å². The van der Waals surface area contributed by atoms with Crippen LogP contribution in [0.2, 0.25) is 0 Å². The molecule has 140 valence electrons. The van der Waals surface area contributed by atoms with Crippen molar-refractivity contribution >= 4 is 17.2 Å². The Balaban J connectivity index is 1.89. The van der Waals surface area contributed by atoms with Crippen molar-refractivity contribution in [1.29, 1.82) is 0 Å². The molecule has 0 aliphatic carbocycles. The van der Waals surface area contributed by atoms with E-state index >= 15 is 0 Å². The number of benzene rings is 2. The van der Waals surface area contributed by atoms with Crippen molar-refractivity contribution in [1.82, 2.24) is 4.68 Å². The number of hydrogen-bond acceptors (Lipinski definition) is 3. The van der Waals surface area contributed by atoms with Crippen LogP contribution in [0.1, 0.15) is 19.4 Å². The van der Waals surface area contributed by atoms with Crippen molar-refractivity contribution in [2.45, 2.75) is 20.8 Å². The lowest BCUT2D eigenvalue weighted by Crippen LogP contribution is -2.37. The lowest BCUT2D eigenvalue weighted by Gasteiger charge is -2.21. The molecule has 0 saturated heterocycles. The second-order valence-electron chi connectivity index (χ2n) is 6.64. The molecule has 2 aromatic carbocycles. The smallest absolute Gasteiger partial charge is 0.371 e. The average Bonchev–Trinajstić information content (AvgIpc) is 2.97. The maximum Gasteiger partial charge on any atom is 0.371 e. The van der Waals surface area contributed by atoms with Crippen LogP contribution in [0.4, 0.5) is 17.2 Å². The third kappa shape index (κ3) is 3.92. The lowest BCUT2D eigenvalue weighted by molar-refractivity contribution is -0.738. The first kappa shape index (κ1) is 18.8. The summed E-state index contributed by atoms with van der Waals surface area (Å²) in [6, 6.07) is 18.7. The summed E-state index contributed by atoms with van der Waals surface area (Å²) in [6.45, 7) is 8.43. The number of azo groups is 1. The first-order valence-electron chi connectivity index (χ1n) is 9.44. The number of aromatic nitrogens is 2. The molecular weight excluding hydrogens is 334 g/mol. The molecule has 0 unspecified atom stereocenters. The van der Waals surface area contributed by atoms with Crippen LogP contribution in [0.5, 0.6) is 0 Å². The Labute approximate surface area is 161 Å². The van der Waals surface area contributed by atoms with E-state index in [-0.39, 0.29) is 0 Å². The summed E-state index contributed by atoms with van der Waals surface area (Å²) in [6.07, 6.45) is 0. The van der Waals surface area contributed by atoms with Crippen LogP contribution < -0.4 is 9.58 Å². The fourth-order valence-corrected chi connectivity index (χ4v) is 3.24. The van der Waals surface area contributed by atoms with Crippen LogP contribution in [0.15, 0.2) is 64.8 Å². The molecule has 0 aliphatic heterocycles. The van der Waals surface area contributed by atoms with Crippen LogP contribution in [-0.4, -0.2) is 17.8 Å². The van der Waals surface area contributed by atoms with Gasteiger partial charge in [0.1, 0.15) is 12.7 Å². The van der Waals surface area contributed by atoms with E-state index in [9.17, 15) is 0 Å². The van der Waals surface area contributed by atoms with Crippen molar-refractivity contribution in [3.63, 3.8) is 0 Å². The number of aryl methyl sites for hydroxylation is 1. The Hall–Kier alpha value is -2.95. The minimum absolute atomic E-state index is 0.823. The highest BCUT2D eigenvalue weighted by molar-refractivity contribution is 5.61. The van der Waals surface area contributed by atoms with E-state index in [0.717, 1.165) is 41.4 Å². The fraction of sp³-hybridized carbons (Fsp3) is 0.318. The highest BCUT2D eigenvalue weighted by Gasteiger charge is 2.17. The molecule has 0 bridgehead atoms. The van der Waals surface area contributed by atoms with Gasteiger partial charge in [0.25, 0.3) is 0 Å². The van der Waals surface area contributed by atoms with Gasteiger partial charge in [0.05, 0.1) is 16.9 Å². The average molecular weight is 363 g/mol.